The van der Waals surface area contributed by atoms with E-state index < -0.39 is 0 Å². The molecule has 0 aliphatic carbocycles. The van der Waals surface area contributed by atoms with E-state index in [1.165, 1.54) is 10.4 Å². The Morgan fingerprint density at radius 1 is 1.26 bits per heavy atom. The number of anilines is 1. The number of amides is 1. The Kier molecular flexibility index (Phi) is 4.97. The van der Waals surface area contributed by atoms with Crippen molar-refractivity contribution >= 4 is 22.2 Å². The Morgan fingerprint density at radius 3 is 2.85 bits per heavy atom. The topological polar surface area (TPSA) is 62.8 Å². The Balaban J connectivity index is 1.63. The third-order valence-electron chi connectivity index (χ3n) is 5.18. The summed E-state index contributed by atoms with van der Waals surface area (Å²) in [6.07, 6.45) is 0.656. The fourth-order valence-electron chi connectivity index (χ4n) is 3.75. The van der Waals surface area contributed by atoms with Gasteiger partial charge in [0.1, 0.15) is 11.2 Å². The van der Waals surface area contributed by atoms with Crippen LogP contribution in [0.1, 0.15) is 46.4 Å². The molecule has 144 valence electrons. The molecule has 2 aliphatic rings. The van der Waals surface area contributed by atoms with Crippen molar-refractivity contribution in [3.8, 4) is 11.5 Å². The number of hydrogen-bond donors (Lipinski definition) is 2. The van der Waals surface area contributed by atoms with Crippen LogP contribution in [0.2, 0.25) is 0 Å². The number of nitrogens with one attached hydrogen (secondary N) is 2. The summed E-state index contributed by atoms with van der Waals surface area (Å²) in [5.74, 6) is 1.38. The molecule has 3 heterocycles. The maximum absolute atomic E-state index is 12.9. The van der Waals surface area contributed by atoms with Gasteiger partial charge < -0.3 is 20.1 Å². The molecule has 2 N–H and O–H groups in total. The summed E-state index contributed by atoms with van der Waals surface area (Å²) in [5, 5.41) is 7.59. The van der Waals surface area contributed by atoms with Gasteiger partial charge in [-0.2, -0.15) is 0 Å². The van der Waals surface area contributed by atoms with Crippen molar-refractivity contribution < 1.29 is 14.3 Å². The maximum Gasteiger partial charge on any atom is 0.256 e. The minimum atomic E-state index is -0.280. The largest absolute Gasteiger partial charge is 0.493 e. The minimum absolute atomic E-state index is 0.00461. The molecule has 2 aromatic rings. The highest BCUT2D eigenvalue weighted by molar-refractivity contribution is 7.16. The van der Waals surface area contributed by atoms with Crippen LogP contribution in [-0.4, -0.2) is 37.6 Å². The van der Waals surface area contributed by atoms with Gasteiger partial charge >= 0.3 is 0 Å². The Morgan fingerprint density at radius 2 is 2.11 bits per heavy atom. The zero-order chi connectivity index (χ0) is 19.0. The molecule has 0 radical (unpaired) electrons. The monoisotopic (exact) mass is 387 g/mol. The van der Waals surface area contributed by atoms with Crippen molar-refractivity contribution in [2.24, 2.45) is 0 Å². The molecule has 0 spiro atoms. The summed E-state index contributed by atoms with van der Waals surface area (Å²) in [6.45, 7) is 7.66. The van der Waals surface area contributed by atoms with Gasteiger partial charge in [0.05, 0.1) is 19.3 Å². The third-order valence-corrected chi connectivity index (χ3v) is 6.33. The number of nitrogens with zero attached hydrogens (tertiary/aromatic N) is 1. The highest BCUT2D eigenvalue weighted by Crippen LogP contribution is 2.41. The van der Waals surface area contributed by atoms with E-state index in [0.29, 0.717) is 18.1 Å². The molecule has 1 amide bonds. The maximum atomic E-state index is 12.9. The number of likely N-dealkylation sites (N-methyl/N-ethyl adjacent to an activating group) is 1. The van der Waals surface area contributed by atoms with Crippen LogP contribution in [0.3, 0.4) is 0 Å². The first-order valence-electron chi connectivity index (χ1n) is 9.39. The zero-order valence-corrected chi connectivity index (χ0v) is 16.7. The third kappa shape index (κ3) is 3.26. The molecule has 0 unspecified atom stereocenters. The van der Waals surface area contributed by atoms with Gasteiger partial charge in [0.15, 0.2) is 11.5 Å². The molecule has 0 saturated heterocycles. The number of hydrogen-bond acceptors (Lipinski definition) is 6. The highest BCUT2D eigenvalue weighted by atomic mass is 32.1. The summed E-state index contributed by atoms with van der Waals surface area (Å²) in [5.41, 5.74) is 2.99. The lowest BCUT2D eigenvalue weighted by atomic mass is 10.0. The molecule has 6 nitrogen and oxygen atoms in total. The highest BCUT2D eigenvalue weighted by Gasteiger charge is 2.33. The number of fused-ring (bicyclic) bond motifs is 3. The summed E-state index contributed by atoms with van der Waals surface area (Å²) in [6, 6.07) is 5.76. The fourth-order valence-corrected chi connectivity index (χ4v) is 5.06. The molecule has 7 heteroatoms. The minimum Gasteiger partial charge on any atom is -0.493 e. The van der Waals surface area contributed by atoms with Gasteiger partial charge in [-0.15, -0.1) is 11.3 Å². The van der Waals surface area contributed by atoms with E-state index >= 15 is 0 Å². The molecule has 4 rings (SSSR count). The van der Waals surface area contributed by atoms with Gasteiger partial charge in [0.25, 0.3) is 5.91 Å². The quantitative estimate of drug-likeness (QED) is 0.823. The van der Waals surface area contributed by atoms with Crippen LogP contribution in [0.5, 0.6) is 11.5 Å². The SMILES string of the molecule is CCOc1cc([C@H]2NC(=O)c3c(sc4c3CCN(CC)C4)N2)ccc1OC. The molecular weight excluding hydrogens is 362 g/mol. The number of rotatable bonds is 5. The standard InChI is InChI=1S/C20H25N3O3S/c1-4-23-9-8-13-16(11-23)27-20-17(13)19(24)21-18(22-20)12-6-7-14(25-3)15(10-12)26-5-2/h6-7,10,18,22H,4-5,8-9,11H2,1-3H3,(H,21,24)/t18-/m0/s1. The van der Waals surface area contributed by atoms with Crippen molar-refractivity contribution in [1.82, 2.24) is 10.2 Å². The zero-order valence-electron chi connectivity index (χ0n) is 15.9. The summed E-state index contributed by atoms with van der Waals surface area (Å²) in [4.78, 5) is 16.6. The van der Waals surface area contributed by atoms with E-state index in [4.69, 9.17) is 9.47 Å². The van der Waals surface area contributed by atoms with E-state index in [0.717, 1.165) is 42.2 Å². The second-order valence-corrected chi connectivity index (χ2v) is 7.83. The first-order valence-corrected chi connectivity index (χ1v) is 10.2. The Bertz CT molecular complexity index is 864. The van der Waals surface area contributed by atoms with Gasteiger partial charge in [-0.25, -0.2) is 0 Å². The van der Waals surface area contributed by atoms with Crippen LogP contribution in [0.25, 0.3) is 0 Å². The van der Waals surface area contributed by atoms with Crippen LogP contribution in [0.15, 0.2) is 18.2 Å². The first kappa shape index (κ1) is 18.1. The fraction of sp³-hybridized carbons (Fsp3) is 0.450. The summed E-state index contributed by atoms with van der Waals surface area (Å²) in [7, 11) is 1.63. The van der Waals surface area contributed by atoms with Crippen molar-refractivity contribution in [3.05, 3.63) is 39.8 Å². The van der Waals surface area contributed by atoms with Crippen LogP contribution in [0, 0.1) is 0 Å². The van der Waals surface area contributed by atoms with Crippen LogP contribution < -0.4 is 20.1 Å². The molecule has 27 heavy (non-hydrogen) atoms. The van der Waals surface area contributed by atoms with Gasteiger partial charge in [0, 0.05) is 18.0 Å². The predicted molar refractivity (Wildman–Crippen MR) is 107 cm³/mol. The normalized spacial score (nSPS) is 18.9. The van der Waals surface area contributed by atoms with Crippen molar-refractivity contribution in [2.75, 3.05) is 32.1 Å². The number of benzene rings is 1. The van der Waals surface area contributed by atoms with Gasteiger partial charge in [-0.1, -0.05) is 13.0 Å². The summed E-state index contributed by atoms with van der Waals surface area (Å²) < 4.78 is 11.0. The van der Waals surface area contributed by atoms with Crippen LogP contribution >= 0.6 is 11.3 Å². The van der Waals surface area contributed by atoms with E-state index in [1.54, 1.807) is 18.4 Å². The van der Waals surface area contributed by atoms with Crippen molar-refractivity contribution in [2.45, 2.75) is 33.0 Å². The van der Waals surface area contributed by atoms with Crippen LogP contribution in [-0.2, 0) is 13.0 Å². The second kappa shape index (κ2) is 7.40. The average molecular weight is 388 g/mol. The van der Waals surface area contributed by atoms with Gasteiger partial charge in [-0.05, 0) is 43.1 Å². The van der Waals surface area contributed by atoms with E-state index in [-0.39, 0.29) is 12.1 Å². The first-order chi connectivity index (χ1) is 13.1. The smallest absolute Gasteiger partial charge is 0.256 e. The van der Waals surface area contributed by atoms with E-state index in [2.05, 4.69) is 22.5 Å². The molecular formula is C20H25N3O3S. The van der Waals surface area contributed by atoms with E-state index in [9.17, 15) is 4.79 Å². The lowest BCUT2D eigenvalue weighted by Gasteiger charge is -2.28. The number of carbonyl (C=O) groups excluding carboxylic acids is 1. The molecule has 0 bridgehead atoms. The molecule has 0 saturated carbocycles. The lowest BCUT2D eigenvalue weighted by Crippen LogP contribution is -2.38. The molecule has 1 aromatic heterocycles. The predicted octanol–water partition coefficient (Wildman–Crippen LogP) is 3.39. The molecule has 0 fully saturated rings. The number of ether oxygens (including phenoxy) is 2. The second-order valence-electron chi connectivity index (χ2n) is 6.72. The lowest BCUT2D eigenvalue weighted by molar-refractivity contribution is 0.0934. The Labute approximate surface area is 163 Å². The van der Waals surface area contributed by atoms with Gasteiger partial charge in [0.2, 0.25) is 0 Å². The van der Waals surface area contributed by atoms with Crippen molar-refractivity contribution in [1.29, 1.82) is 0 Å². The average Bonchev–Trinajstić information content (AvgIpc) is 3.06. The number of carbonyl (C=O) groups is 1. The molecule has 2 aliphatic heterocycles. The molecule has 1 aromatic carbocycles. The van der Waals surface area contributed by atoms with E-state index in [1.807, 2.05) is 25.1 Å². The number of methoxy groups -OCH3 is 1. The van der Waals surface area contributed by atoms with Crippen LogP contribution in [0.4, 0.5) is 5.00 Å². The summed E-state index contributed by atoms with van der Waals surface area (Å²) >= 11 is 1.71. The van der Waals surface area contributed by atoms with Gasteiger partial charge in [-0.3, -0.25) is 9.69 Å². The molecule has 1 atom stereocenters. The number of thiophene rings is 1. The Hall–Kier alpha value is -2.25. The van der Waals surface area contributed by atoms with Crippen molar-refractivity contribution in [3.63, 3.8) is 0 Å².